The number of carbonyl (C=O) groups excluding carboxylic acids is 2. The molecule has 37 heavy (non-hydrogen) atoms. The summed E-state index contributed by atoms with van der Waals surface area (Å²) in [6.07, 6.45) is 0.544. The fraction of sp³-hybridized carbons (Fsp3) is 0.290. The average Bonchev–Trinajstić information content (AvgIpc) is 3.16. The van der Waals surface area contributed by atoms with Gasteiger partial charge in [-0.05, 0) is 52.8 Å². The Labute approximate surface area is 218 Å². The van der Waals surface area contributed by atoms with Gasteiger partial charge in [0.1, 0.15) is 17.3 Å². The van der Waals surface area contributed by atoms with Crippen molar-refractivity contribution in [2.24, 2.45) is 0 Å². The maximum atomic E-state index is 13.4. The average molecular weight is 500 g/mol. The number of ketones is 1. The first-order valence-electron chi connectivity index (χ1n) is 12.3. The third kappa shape index (κ3) is 5.24. The van der Waals surface area contributed by atoms with Crippen LogP contribution in [0.5, 0.6) is 11.5 Å². The molecule has 6 nitrogen and oxygen atoms in total. The Hall–Kier alpha value is -4.06. The molecule has 4 rings (SSSR count). The highest BCUT2D eigenvalue weighted by molar-refractivity contribution is 6.46. The van der Waals surface area contributed by atoms with Crippen molar-refractivity contribution in [2.45, 2.75) is 38.6 Å². The summed E-state index contributed by atoms with van der Waals surface area (Å²) in [4.78, 5) is 28.2. The summed E-state index contributed by atoms with van der Waals surface area (Å²) < 4.78 is 10.7. The van der Waals surface area contributed by atoms with Crippen LogP contribution < -0.4 is 9.47 Å². The molecule has 0 bridgehead atoms. The number of nitrogens with zero attached hydrogens (tertiary/aromatic N) is 1. The number of benzene rings is 3. The number of amides is 1. The lowest BCUT2D eigenvalue weighted by Gasteiger charge is -2.26. The Bertz CT molecular complexity index is 1320. The van der Waals surface area contributed by atoms with E-state index in [9.17, 15) is 14.7 Å². The van der Waals surface area contributed by atoms with Crippen LogP contribution in [0.15, 0.2) is 78.4 Å². The molecule has 0 spiro atoms. The fourth-order valence-electron chi connectivity index (χ4n) is 4.65. The summed E-state index contributed by atoms with van der Waals surface area (Å²) in [5, 5.41) is 11.4. The minimum atomic E-state index is -0.725. The first-order valence-corrected chi connectivity index (χ1v) is 12.3. The maximum Gasteiger partial charge on any atom is 0.295 e. The topological polar surface area (TPSA) is 76.1 Å². The van der Waals surface area contributed by atoms with Crippen LogP contribution in [0.3, 0.4) is 0 Å². The van der Waals surface area contributed by atoms with E-state index in [0.717, 1.165) is 22.4 Å². The highest BCUT2D eigenvalue weighted by Gasteiger charge is 2.46. The zero-order valence-corrected chi connectivity index (χ0v) is 21.9. The first-order chi connectivity index (χ1) is 17.7. The predicted molar refractivity (Wildman–Crippen MR) is 144 cm³/mol. The zero-order valence-electron chi connectivity index (χ0n) is 21.9. The van der Waals surface area contributed by atoms with Crippen molar-refractivity contribution in [2.75, 3.05) is 20.8 Å². The molecule has 3 aromatic carbocycles. The number of likely N-dealkylation sites (tertiary alicyclic amines) is 1. The van der Waals surface area contributed by atoms with E-state index in [4.69, 9.17) is 9.47 Å². The minimum absolute atomic E-state index is 0.0495. The van der Waals surface area contributed by atoms with E-state index in [-0.39, 0.29) is 16.7 Å². The van der Waals surface area contributed by atoms with E-state index in [1.54, 1.807) is 36.3 Å². The highest BCUT2D eigenvalue weighted by Crippen LogP contribution is 2.41. The van der Waals surface area contributed by atoms with Gasteiger partial charge >= 0.3 is 0 Å². The van der Waals surface area contributed by atoms with Gasteiger partial charge in [-0.1, -0.05) is 69.3 Å². The Balaban J connectivity index is 1.79. The fourth-order valence-corrected chi connectivity index (χ4v) is 4.65. The highest BCUT2D eigenvalue weighted by atomic mass is 16.5. The molecule has 0 aliphatic carbocycles. The summed E-state index contributed by atoms with van der Waals surface area (Å²) in [6.45, 7) is 6.70. The SMILES string of the molecule is COc1ccc(CCN2C(=O)C(=O)/C(=C(\O)c3ccccc3OC)C2c2ccc(C(C)(C)C)cc2)cc1. The van der Waals surface area contributed by atoms with Crippen LogP contribution in [-0.2, 0) is 21.4 Å². The van der Waals surface area contributed by atoms with Crippen molar-refractivity contribution in [1.82, 2.24) is 4.90 Å². The molecule has 1 heterocycles. The maximum absolute atomic E-state index is 13.4. The molecule has 0 saturated carbocycles. The van der Waals surface area contributed by atoms with Gasteiger partial charge in [0.05, 0.1) is 31.4 Å². The molecule has 1 atom stereocenters. The Morgan fingerprint density at radius 2 is 1.54 bits per heavy atom. The molecule has 1 unspecified atom stereocenters. The van der Waals surface area contributed by atoms with E-state index in [2.05, 4.69) is 20.8 Å². The van der Waals surface area contributed by atoms with E-state index in [0.29, 0.717) is 24.3 Å². The zero-order chi connectivity index (χ0) is 26.7. The van der Waals surface area contributed by atoms with Gasteiger partial charge in [-0.25, -0.2) is 0 Å². The second kappa shape index (κ2) is 10.5. The standard InChI is InChI=1S/C31H33NO5/c1-31(2,3)22-14-12-21(13-15-22)27-26(28(33)24-8-6-7-9-25(24)37-5)29(34)30(35)32(27)19-18-20-10-16-23(36-4)17-11-20/h6-17,27,33H,18-19H2,1-5H3/b28-26-. The van der Waals surface area contributed by atoms with Crippen molar-refractivity contribution in [3.05, 3.63) is 101 Å². The number of ether oxygens (including phenoxy) is 2. The molecule has 1 saturated heterocycles. The molecule has 1 N–H and O–H groups in total. The number of aliphatic hydroxyl groups excluding tert-OH is 1. The van der Waals surface area contributed by atoms with Crippen molar-refractivity contribution in [1.29, 1.82) is 0 Å². The van der Waals surface area contributed by atoms with Gasteiger partial charge in [-0.3, -0.25) is 9.59 Å². The molecule has 192 valence electrons. The third-order valence-corrected chi connectivity index (χ3v) is 6.79. The summed E-state index contributed by atoms with van der Waals surface area (Å²) in [6, 6.07) is 21.7. The Morgan fingerprint density at radius 3 is 2.14 bits per heavy atom. The van der Waals surface area contributed by atoms with Gasteiger partial charge in [0.25, 0.3) is 11.7 Å². The number of methoxy groups -OCH3 is 2. The van der Waals surface area contributed by atoms with Crippen LogP contribution in [0.4, 0.5) is 0 Å². The molecular weight excluding hydrogens is 466 g/mol. The molecule has 1 amide bonds. The molecule has 1 fully saturated rings. The van der Waals surface area contributed by atoms with Gasteiger partial charge in [0, 0.05) is 6.54 Å². The second-order valence-corrected chi connectivity index (χ2v) is 10.2. The monoisotopic (exact) mass is 499 g/mol. The van der Waals surface area contributed by atoms with Crippen LogP contribution in [0.1, 0.15) is 49.1 Å². The molecule has 3 aromatic rings. The van der Waals surface area contributed by atoms with Crippen molar-refractivity contribution in [3.63, 3.8) is 0 Å². The number of hydrogen-bond acceptors (Lipinski definition) is 5. The molecular formula is C31H33NO5. The number of aliphatic hydroxyl groups is 1. The number of Topliss-reactive ketones (excluding diaryl/α,β-unsaturated/α-hetero) is 1. The Morgan fingerprint density at radius 1 is 0.892 bits per heavy atom. The molecule has 1 aliphatic rings. The van der Waals surface area contributed by atoms with Crippen molar-refractivity contribution < 1.29 is 24.2 Å². The van der Waals surface area contributed by atoms with Crippen molar-refractivity contribution >= 4 is 17.4 Å². The van der Waals surface area contributed by atoms with Crippen LogP contribution in [0.25, 0.3) is 5.76 Å². The van der Waals surface area contributed by atoms with E-state index in [1.165, 1.54) is 7.11 Å². The van der Waals surface area contributed by atoms with Crippen LogP contribution in [0.2, 0.25) is 0 Å². The summed E-state index contributed by atoms with van der Waals surface area (Å²) in [5.41, 5.74) is 3.29. The normalized spacial score (nSPS) is 17.2. The summed E-state index contributed by atoms with van der Waals surface area (Å²) in [7, 11) is 3.11. The number of para-hydroxylation sites is 1. The lowest BCUT2D eigenvalue weighted by molar-refractivity contribution is -0.139. The molecule has 0 radical (unpaired) electrons. The van der Waals surface area contributed by atoms with E-state index >= 15 is 0 Å². The van der Waals surface area contributed by atoms with Crippen LogP contribution in [0, 0.1) is 0 Å². The lowest BCUT2D eigenvalue weighted by Crippen LogP contribution is -2.31. The van der Waals surface area contributed by atoms with E-state index in [1.807, 2.05) is 48.5 Å². The largest absolute Gasteiger partial charge is 0.507 e. The summed E-state index contributed by atoms with van der Waals surface area (Å²) >= 11 is 0. The number of hydrogen-bond donors (Lipinski definition) is 1. The third-order valence-electron chi connectivity index (χ3n) is 6.79. The van der Waals surface area contributed by atoms with Crippen LogP contribution in [-0.4, -0.2) is 42.5 Å². The Kier molecular flexibility index (Phi) is 7.39. The van der Waals surface area contributed by atoms with Gasteiger partial charge < -0.3 is 19.5 Å². The number of rotatable bonds is 7. The molecule has 6 heteroatoms. The summed E-state index contributed by atoms with van der Waals surface area (Å²) in [5.74, 6) is -0.406. The quantitative estimate of drug-likeness (QED) is 0.258. The van der Waals surface area contributed by atoms with Gasteiger partial charge in [-0.15, -0.1) is 0 Å². The molecule has 0 aromatic heterocycles. The minimum Gasteiger partial charge on any atom is -0.507 e. The lowest BCUT2D eigenvalue weighted by atomic mass is 9.85. The number of carbonyl (C=O) groups is 2. The predicted octanol–water partition coefficient (Wildman–Crippen LogP) is 5.67. The van der Waals surface area contributed by atoms with Gasteiger partial charge in [0.2, 0.25) is 0 Å². The van der Waals surface area contributed by atoms with Crippen molar-refractivity contribution in [3.8, 4) is 11.5 Å². The van der Waals surface area contributed by atoms with E-state index < -0.39 is 17.7 Å². The van der Waals surface area contributed by atoms with Gasteiger partial charge in [-0.2, -0.15) is 0 Å². The van der Waals surface area contributed by atoms with Crippen LogP contribution >= 0.6 is 0 Å². The smallest absolute Gasteiger partial charge is 0.295 e. The van der Waals surface area contributed by atoms with Gasteiger partial charge in [0.15, 0.2) is 0 Å². The first kappa shape index (κ1) is 26.0. The second-order valence-electron chi connectivity index (χ2n) is 10.2. The molecule has 1 aliphatic heterocycles.